The Morgan fingerprint density at radius 3 is 2.63 bits per heavy atom. The van der Waals surface area contributed by atoms with Crippen molar-refractivity contribution in [3.05, 3.63) is 52.3 Å². The average Bonchev–Trinajstić information content (AvgIpc) is 2.92. The SMILES string of the molecule is Cc1nnc(N(C)Cc2ccsc2)c2ccccc12. The predicted molar refractivity (Wildman–Crippen MR) is 80.7 cm³/mol. The smallest absolute Gasteiger partial charge is 0.159 e. The third-order valence-corrected chi connectivity index (χ3v) is 3.95. The van der Waals surface area contributed by atoms with Gasteiger partial charge in [-0.1, -0.05) is 24.3 Å². The number of rotatable bonds is 3. The van der Waals surface area contributed by atoms with Crippen LogP contribution in [0.4, 0.5) is 5.82 Å². The summed E-state index contributed by atoms with van der Waals surface area (Å²) in [5.41, 5.74) is 2.28. The largest absolute Gasteiger partial charge is 0.353 e. The molecule has 0 unspecified atom stereocenters. The Morgan fingerprint density at radius 2 is 1.89 bits per heavy atom. The summed E-state index contributed by atoms with van der Waals surface area (Å²) < 4.78 is 0. The molecule has 0 atom stereocenters. The van der Waals surface area contributed by atoms with E-state index in [1.54, 1.807) is 11.3 Å². The van der Waals surface area contributed by atoms with Crippen molar-refractivity contribution < 1.29 is 0 Å². The van der Waals surface area contributed by atoms with E-state index in [0.29, 0.717) is 0 Å². The van der Waals surface area contributed by atoms with Gasteiger partial charge in [-0.3, -0.25) is 0 Å². The molecule has 3 aromatic rings. The van der Waals surface area contributed by atoms with Crippen molar-refractivity contribution in [2.75, 3.05) is 11.9 Å². The molecular formula is C15H15N3S. The Balaban J connectivity index is 2.03. The molecule has 2 aromatic heterocycles. The number of hydrogen-bond acceptors (Lipinski definition) is 4. The standard InChI is InChI=1S/C15H15N3S/c1-11-13-5-3-4-6-14(13)15(17-16-11)18(2)9-12-7-8-19-10-12/h3-8,10H,9H2,1-2H3. The van der Waals surface area contributed by atoms with E-state index in [9.17, 15) is 0 Å². The molecule has 0 bridgehead atoms. The van der Waals surface area contributed by atoms with Crippen LogP contribution in [0.25, 0.3) is 10.8 Å². The second-order valence-electron chi connectivity index (χ2n) is 4.64. The highest BCUT2D eigenvalue weighted by Crippen LogP contribution is 2.25. The quantitative estimate of drug-likeness (QED) is 0.727. The van der Waals surface area contributed by atoms with Gasteiger partial charge in [0.05, 0.1) is 5.69 Å². The van der Waals surface area contributed by atoms with Crippen LogP contribution in [0.3, 0.4) is 0 Å². The molecule has 0 spiro atoms. The molecular weight excluding hydrogens is 254 g/mol. The van der Waals surface area contributed by atoms with Crippen LogP contribution >= 0.6 is 11.3 Å². The molecule has 0 aliphatic rings. The van der Waals surface area contributed by atoms with Gasteiger partial charge in [0, 0.05) is 24.4 Å². The fourth-order valence-electron chi connectivity index (χ4n) is 2.24. The van der Waals surface area contributed by atoms with Crippen LogP contribution in [-0.2, 0) is 6.54 Å². The topological polar surface area (TPSA) is 29.0 Å². The minimum atomic E-state index is 0.852. The van der Waals surface area contributed by atoms with Crippen molar-refractivity contribution in [1.29, 1.82) is 0 Å². The molecule has 96 valence electrons. The van der Waals surface area contributed by atoms with Crippen molar-refractivity contribution in [2.24, 2.45) is 0 Å². The number of nitrogens with zero attached hydrogens (tertiary/aromatic N) is 3. The fraction of sp³-hybridized carbons (Fsp3) is 0.200. The number of benzene rings is 1. The second kappa shape index (κ2) is 4.97. The zero-order valence-corrected chi connectivity index (χ0v) is 11.8. The monoisotopic (exact) mass is 269 g/mol. The number of anilines is 1. The zero-order valence-electron chi connectivity index (χ0n) is 11.0. The molecule has 1 aromatic carbocycles. The first-order valence-electron chi connectivity index (χ1n) is 6.20. The molecule has 3 nitrogen and oxygen atoms in total. The van der Waals surface area contributed by atoms with Crippen molar-refractivity contribution >= 4 is 27.9 Å². The maximum absolute atomic E-state index is 4.37. The lowest BCUT2D eigenvalue weighted by Gasteiger charge is -2.19. The van der Waals surface area contributed by atoms with E-state index in [4.69, 9.17) is 0 Å². The molecule has 0 amide bonds. The van der Waals surface area contributed by atoms with Crippen LogP contribution < -0.4 is 4.90 Å². The molecule has 0 fully saturated rings. The number of hydrogen-bond donors (Lipinski definition) is 0. The Morgan fingerprint density at radius 1 is 1.11 bits per heavy atom. The van der Waals surface area contributed by atoms with Gasteiger partial charge in [-0.25, -0.2) is 0 Å². The maximum Gasteiger partial charge on any atom is 0.159 e. The van der Waals surface area contributed by atoms with Gasteiger partial charge in [-0.2, -0.15) is 16.4 Å². The Bertz CT molecular complexity index is 692. The normalized spacial score (nSPS) is 10.8. The Kier molecular flexibility index (Phi) is 3.17. The van der Waals surface area contributed by atoms with E-state index in [1.807, 2.05) is 19.1 Å². The first kappa shape index (κ1) is 12.1. The molecule has 0 saturated heterocycles. The number of aryl methyl sites for hydroxylation is 1. The first-order valence-corrected chi connectivity index (χ1v) is 7.14. The number of aromatic nitrogens is 2. The van der Waals surface area contributed by atoms with Gasteiger partial charge in [0.2, 0.25) is 0 Å². The highest BCUT2D eigenvalue weighted by Gasteiger charge is 2.10. The summed E-state index contributed by atoms with van der Waals surface area (Å²) in [6.45, 7) is 2.85. The van der Waals surface area contributed by atoms with Gasteiger partial charge in [0.15, 0.2) is 5.82 Å². The second-order valence-corrected chi connectivity index (χ2v) is 5.42. The molecule has 3 rings (SSSR count). The zero-order chi connectivity index (χ0) is 13.2. The summed E-state index contributed by atoms with van der Waals surface area (Å²) in [5, 5.41) is 15.2. The van der Waals surface area contributed by atoms with Crippen LogP contribution in [0.1, 0.15) is 11.3 Å². The number of thiophene rings is 1. The molecule has 2 heterocycles. The lowest BCUT2D eigenvalue weighted by atomic mass is 10.1. The van der Waals surface area contributed by atoms with Crippen LogP contribution in [0, 0.1) is 6.92 Å². The lowest BCUT2D eigenvalue weighted by molar-refractivity contribution is 0.871. The summed E-state index contributed by atoms with van der Waals surface area (Å²) in [7, 11) is 2.06. The van der Waals surface area contributed by atoms with Crippen molar-refractivity contribution in [1.82, 2.24) is 10.2 Å². The molecule has 4 heteroatoms. The molecule has 0 aliphatic heterocycles. The predicted octanol–water partition coefficient (Wildman–Crippen LogP) is 3.64. The van der Waals surface area contributed by atoms with Gasteiger partial charge < -0.3 is 4.90 Å². The van der Waals surface area contributed by atoms with Crippen molar-refractivity contribution in [3.63, 3.8) is 0 Å². The first-order chi connectivity index (χ1) is 9.25. The summed E-state index contributed by atoms with van der Waals surface area (Å²) in [5.74, 6) is 0.937. The minimum Gasteiger partial charge on any atom is -0.353 e. The van der Waals surface area contributed by atoms with Crippen LogP contribution in [0.5, 0.6) is 0 Å². The van der Waals surface area contributed by atoms with Crippen LogP contribution in [0.15, 0.2) is 41.1 Å². The molecule has 0 aliphatic carbocycles. The van der Waals surface area contributed by atoms with Gasteiger partial charge >= 0.3 is 0 Å². The highest BCUT2D eigenvalue weighted by molar-refractivity contribution is 7.07. The minimum absolute atomic E-state index is 0.852. The van der Waals surface area contributed by atoms with E-state index in [1.165, 1.54) is 10.9 Å². The maximum atomic E-state index is 4.37. The molecule has 19 heavy (non-hydrogen) atoms. The molecule has 0 saturated carbocycles. The van der Waals surface area contributed by atoms with Crippen LogP contribution in [-0.4, -0.2) is 17.2 Å². The van der Waals surface area contributed by atoms with E-state index < -0.39 is 0 Å². The van der Waals surface area contributed by atoms with Crippen LogP contribution in [0.2, 0.25) is 0 Å². The summed E-state index contributed by atoms with van der Waals surface area (Å²) in [6, 6.07) is 10.4. The Labute approximate surface area is 116 Å². The number of fused-ring (bicyclic) bond motifs is 1. The van der Waals surface area contributed by atoms with E-state index >= 15 is 0 Å². The van der Waals surface area contributed by atoms with Crippen molar-refractivity contribution in [3.8, 4) is 0 Å². The van der Waals surface area contributed by atoms with E-state index in [2.05, 4.69) is 51.1 Å². The fourth-order valence-corrected chi connectivity index (χ4v) is 2.90. The summed E-state index contributed by atoms with van der Waals surface area (Å²) in [4.78, 5) is 2.15. The molecule has 0 N–H and O–H groups in total. The third-order valence-electron chi connectivity index (χ3n) is 3.21. The van der Waals surface area contributed by atoms with Gasteiger partial charge in [-0.15, -0.1) is 5.10 Å². The lowest BCUT2D eigenvalue weighted by Crippen LogP contribution is -2.18. The highest BCUT2D eigenvalue weighted by atomic mass is 32.1. The van der Waals surface area contributed by atoms with Crippen molar-refractivity contribution in [2.45, 2.75) is 13.5 Å². The van der Waals surface area contributed by atoms with E-state index in [-0.39, 0.29) is 0 Å². The average molecular weight is 269 g/mol. The van der Waals surface area contributed by atoms with Gasteiger partial charge in [-0.05, 0) is 29.3 Å². The van der Waals surface area contributed by atoms with E-state index in [0.717, 1.165) is 23.4 Å². The molecule has 0 radical (unpaired) electrons. The Hall–Kier alpha value is -1.94. The van der Waals surface area contributed by atoms with Gasteiger partial charge in [0.1, 0.15) is 0 Å². The third kappa shape index (κ3) is 2.31. The summed E-state index contributed by atoms with van der Waals surface area (Å²) in [6.07, 6.45) is 0. The van der Waals surface area contributed by atoms with Gasteiger partial charge in [0.25, 0.3) is 0 Å². The summed E-state index contributed by atoms with van der Waals surface area (Å²) >= 11 is 1.72.